The van der Waals surface area contributed by atoms with E-state index in [0.717, 1.165) is 6.61 Å². The lowest BCUT2D eigenvalue weighted by Gasteiger charge is -2.38. The first-order chi connectivity index (χ1) is 6.66. The summed E-state index contributed by atoms with van der Waals surface area (Å²) in [7, 11) is 0. The van der Waals surface area contributed by atoms with Crippen molar-refractivity contribution in [3.05, 3.63) is 35.4 Å². The molecule has 0 N–H and O–H groups in total. The monoisotopic (exact) mass is 188 g/mol. The average molecular weight is 188 g/mol. The fraction of sp³-hybridized carbons (Fsp3) is 0.538. The average Bonchev–Trinajstić information content (AvgIpc) is 2.95. The van der Waals surface area contributed by atoms with Gasteiger partial charge in [0.25, 0.3) is 0 Å². The zero-order valence-electron chi connectivity index (χ0n) is 8.84. The smallest absolute Gasteiger partial charge is 0.122 e. The Morgan fingerprint density at radius 3 is 2.64 bits per heavy atom. The number of hydrogen-bond donors (Lipinski definition) is 0. The molecule has 1 unspecified atom stereocenters. The van der Waals surface area contributed by atoms with Crippen LogP contribution in [0.3, 0.4) is 0 Å². The molecule has 0 radical (unpaired) electrons. The van der Waals surface area contributed by atoms with Gasteiger partial charge < -0.3 is 4.74 Å². The summed E-state index contributed by atoms with van der Waals surface area (Å²) in [5, 5.41) is 0. The molecular formula is C13H16O. The standard InChI is InChI=1S/C13H16O/c1-12(2)8-7-10-5-3-4-6-11(10)13(12)9-14-13/h3-6H,7-9H2,1-2H3. The summed E-state index contributed by atoms with van der Waals surface area (Å²) >= 11 is 0. The van der Waals surface area contributed by atoms with Crippen LogP contribution in [0.1, 0.15) is 31.4 Å². The molecule has 14 heavy (non-hydrogen) atoms. The van der Waals surface area contributed by atoms with Gasteiger partial charge in [0.15, 0.2) is 0 Å². The van der Waals surface area contributed by atoms with Crippen LogP contribution in [-0.4, -0.2) is 6.61 Å². The number of hydrogen-bond acceptors (Lipinski definition) is 1. The number of fused-ring (bicyclic) bond motifs is 2. The maximum absolute atomic E-state index is 5.78. The van der Waals surface area contributed by atoms with E-state index in [-0.39, 0.29) is 5.60 Å². The van der Waals surface area contributed by atoms with Crippen molar-refractivity contribution in [2.75, 3.05) is 6.61 Å². The molecule has 1 nitrogen and oxygen atoms in total. The first-order valence-corrected chi connectivity index (χ1v) is 5.38. The van der Waals surface area contributed by atoms with Gasteiger partial charge in [0.05, 0.1) is 6.61 Å². The first kappa shape index (κ1) is 8.49. The van der Waals surface area contributed by atoms with Crippen molar-refractivity contribution in [2.45, 2.75) is 32.3 Å². The fourth-order valence-corrected chi connectivity index (χ4v) is 2.76. The Kier molecular flexibility index (Phi) is 1.46. The van der Waals surface area contributed by atoms with Gasteiger partial charge in [-0.15, -0.1) is 0 Å². The molecule has 1 saturated heterocycles. The van der Waals surface area contributed by atoms with Crippen LogP contribution in [0.2, 0.25) is 0 Å². The first-order valence-electron chi connectivity index (χ1n) is 5.38. The number of benzene rings is 1. The van der Waals surface area contributed by atoms with Crippen LogP contribution in [0.15, 0.2) is 24.3 Å². The third kappa shape index (κ3) is 0.885. The van der Waals surface area contributed by atoms with E-state index in [1.807, 2.05) is 0 Å². The van der Waals surface area contributed by atoms with Gasteiger partial charge in [0, 0.05) is 5.41 Å². The summed E-state index contributed by atoms with van der Waals surface area (Å²) in [5.74, 6) is 0. The lowest BCUT2D eigenvalue weighted by molar-refractivity contribution is 0.114. The molecule has 0 saturated carbocycles. The van der Waals surface area contributed by atoms with Crippen LogP contribution < -0.4 is 0 Å². The van der Waals surface area contributed by atoms with Crippen molar-refractivity contribution in [3.8, 4) is 0 Å². The van der Waals surface area contributed by atoms with Crippen LogP contribution >= 0.6 is 0 Å². The lowest BCUT2D eigenvalue weighted by Crippen LogP contribution is -2.36. The van der Waals surface area contributed by atoms with E-state index in [4.69, 9.17) is 4.74 Å². The number of ether oxygens (including phenoxy) is 1. The van der Waals surface area contributed by atoms with Gasteiger partial charge in [0.2, 0.25) is 0 Å². The van der Waals surface area contributed by atoms with Gasteiger partial charge in [-0.25, -0.2) is 0 Å². The number of epoxide rings is 1. The summed E-state index contributed by atoms with van der Waals surface area (Å²) in [6.07, 6.45) is 2.44. The Hall–Kier alpha value is -0.820. The molecule has 1 atom stereocenters. The molecule has 0 aromatic heterocycles. The highest BCUT2D eigenvalue weighted by Gasteiger charge is 2.59. The normalized spacial score (nSPS) is 32.7. The summed E-state index contributed by atoms with van der Waals surface area (Å²) in [6, 6.07) is 8.74. The third-order valence-electron chi connectivity index (χ3n) is 4.00. The second-order valence-electron chi connectivity index (χ2n) is 5.16. The zero-order valence-corrected chi connectivity index (χ0v) is 8.84. The molecule has 1 aromatic rings. The Bertz CT molecular complexity index is 375. The van der Waals surface area contributed by atoms with Crippen LogP contribution in [0.4, 0.5) is 0 Å². The maximum Gasteiger partial charge on any atom is 0.122 e. The van der Waals surface area contributed by atoms with Crippen molar-refractivity contribution in [1.29, 1.82) is 0 Å². The predicted octanol–water partition coefficient (Wildman–Crippen LogP) is 2.88. The predicted molar refractivity (Wildman–Crippen MR) is 56.2 cm³/mol. The van der Waals surface area contributed by atoms with Crippen LogP contribution in [0.25, 0.3) is 0 Å². The van der Waals surface area contributed by atoms with E-state index in [1.165, 1.54) is 24.0 Å². The zero-order chi connectivity index (χ0) is 9.81. The molecule has 1 aliphatic carbocycles. The van der Waals surface area contributed by atoms with Crippen molar-refractivity contribution >= 4 is 0 Å². The van der Waals surface area contributed by atoms with Crippen molar-refractivity contribution in [2.24, 2.45) is 5.41 Å². The molecular weight excluding hydrogens is 172 g/mol. The van der Waals surface area contributed by atoms with E-state index in [9.17, 15) is 0 Å². The van der Waals surface area contributed by atoms with Crippen molar-refractivity contribution < 1.29 is 4.74 Å². The summed E-state index contributed by atoms with van der Waals surface area (Å²) in [6.45, 7) is 5.57. The van der Waals surface area contributed by atoms with Gasteiger partial charge in [-0.05, 0) is 24.0 Å². The quantitative estimate of drug-likeness (QED) is 0.570. The van der Waals surface area contributed by atoms with E-state index >= 15 is 0 Å². The Balaban J connectivity index is 2.18. The summed E-state index contributed by atoms with van der Waals surface area (Å²) in [4.78, 5) is 0. The number of rotatable bonds is 0. The molecule has 1 fully saturated rings. The largest absolute Gasteiger partial charge is 0.364 e. The molecule has 0 amide bonds. The minimum Gasteiger partial charge on any atom is -0.364 e. The fourth-order valence-electron chi connectivity index (χ4n) is 2.76. The van der Waals surface area contributed by atoms with Gasteiger partial charge in [-0.1, -0.05) is 38.1 Å². The van der Waals surface area contributed by atoms with E-state index in [2.05, 4.69) is 38.1 Å². The van der Waals surface area contributed by atoms with Crippen LogP contribution in [0.5, 0.6) is 0 Å². The second kappa shape index (κ2) is 2.40. The molecule has 1 heteroatoms. The van der Waals surface area contributed by atoms with Crippen LogP contribution in [0, 0.1) is 5.41 Å². The van der Waals surface area contributed by atoms with E-state index < -0.39 is 0 Å². The topological polar surface area (TPSA) is 12.5 Å². The molecule has 1 aromatic carbocycles. The van der Waals surface area contributed by atoms with Gasteiger partial charge in [0.1, 0.15) is 5.60 Å². The third-order valence-corrected chi connectivity index (χ3v) is 4.00. The molecule has 1 aliphatic heterocycles. The van der Waals surface area contributed by atoms with Crippen molar-refractivity contribution in [1.82, 2.24) is 0 Å². The SMILES string of the molecule is CC1(C)CCc2ccccc2C12CO2. The highest BCUT2D eigenvalue weighted by molar-refractivity contribution is 5.40. The molecule has 2 aliphatic rings. The molecule has 74 valence electrons. The Morgan fingerprint density at radius 2 is 1.93 bits per heavy atom. The highest BCUT2D eigenvalue weighted by atomic mass is 16.6. The van der Waals surface area contributed by atoms with E-state index in [1.54, 1.807) is 0 Å². The highest BCUT2D eigenvalue weighted by Crippen LogP contribution is 2.58. The Morgan fingerprint density at radius 1 is 1.21 bits per heavy atom. The lowest BCUT2D eigenvalue weighted by atomic mass is 9.66. The number of aryl methyl sites for hydroxylation is 1. The Labute approximate surface area is 85.1 Å². The van der Waals surface area contributed by atoms with Crippen molar-refractivity contribution in [3.63, 3.8) is 0 Å². The molecule has 1 spiro atoms. The second-order valence-corrected chi connectivity index (χ2v) is 5.16. The van der Waals surface area contributed by atoms with Gasteiger partial charge >= 0.3 is 0 Å². The van der Waals surface area contributed by atoms with Crippen LogP contribution in [-0.2, 0) is 16.8 Å². The van der Waals surface area contributed by atoms with E-state index in [0.29, 0.717) is 5.41 Å². The minimum atomic E-state index is 0.0574. The van der Waals surface area contributed by atoms with Gasteiger partial charge in [-0.3, -0.25) is 0 Å². The molecule has 0 bridgehead atoms. The summed E-state index contributed by atoms with van der Waals surface area (Å²) < 4.78 is 5.78. The van der Waals surface area contributed by atoms with Gasteiger partial charge in [-0.2, -0.15) is 0 Å². The molecule has 1 heterocycles. The summed E-state index contributed by atoms with van der Waals surface area (Å²) in [5.41, 5.74) is 3.30. The maximum atomic E-state index is 5.78. The minimum absolute atomic E-state index is 0.0574. The molecule has 3 rings (SSSR count).